The van der Waals surface area contributed by atoms with Crippen molar-refractivity contribution in [2.75, 3.05) is 46.9 Å². The van der Waals surface area contributed by atoms with Crippen molar-refractivity contribution in [3.8, 4) is 11.5 Å². The molecule has 0 aromatic heterocycles. The number of benzene rings is 1. The molecule has 8 heteroatoms. The summed E-state index contributed by atoms with van der Waals surface area (Å²) in [6.07, 6.45) is 2.60. The molecule has 1 fully saturated rings. The Kier molecular flexibility index (Phi) is 11.3. The fraction of sp³-hybridized carbons (Fsp3) is 0.636. The van der Waals surface area contributed by atoms with Crippen LogP contribution in [-0.4, -0.2) is 63.7 Å². The highest BCUT2D eigenvalue weighted by Crippen LogP contribution is 2.33. The van der Waals surface area contributed by atoms with Crippen LogP contribution in [0.3, 0.4) is 0 Å². The normalized spacial score (nSPS) is 14.4. The topological polar surface area (TPSA) is 75.2 Å². The van der Waals surface area contributed by atoms with Crippen LogP contribution in [0.2, 0.25) is 0 Å². The molecule has 2 N–H and O–H groups in total. The molecule has 0 radical (unpaired) electrons. The number of hydrogen-bond donors (Lipinski definition) is 2. The number of ether oxygens (including phenoxy) is 2. The van der Waals surface area contributed by atoms with Gasteiger partial charge in [-0.25, -0.2) is 0 Å². The fourth-order valence-corrected chi connectivity index (χ4v) is 3.38. The maximum atomic E-state index is 11.7. The molecule has 1 amide bonds. The number of nitrogens with zero attached hydrogens (tertiary/aromatic N) is 2. The van der Waals surface area contributed by atoms with Crippen molar-refractivity contribution in [1.82, 2.24) is 15.5 Å². The molecule has 30 heavy (non-hydrogen) atoms. The fourth-order valence-electron chi connectivity index (χ4n) is 3.38. The maximum absolute atomic E-state index is 11.7. The van der Waals surface area contributed by atoms with Crippen LogP contribution in [-0.2, 0) is 10.2 Å². The van der Waals surface area contributed by atoms with Gasteiger partial charge in [0.05, 0.1) is 20.8 Å². The standard InChI is InChI=1S/C22H36N4O3.HI/c1-6-23-21(24-12-8-14-26-13-7-9-20(26)27)25-16-22(2,3)17-10-11-18(28-4)19(15-17)29-5;/h10-11,15H,6-9,12-14,16H2,1-5H3,(H2,23,24,25);1H. The quantitative estimate of drug-likeness (QED) is 0.210. The van der Waals surface area contributed by atoms with E-state index >= 15 is 0 Å². The molecule has 1 heterocycles. The van der Waals surface area contributed by atoms with Crippen LogP contribution < -0.4 is 20.1 Å². The van der Waals surface area contributed by atoms with Crippen LogP contribution in [0.15, 0.2) is 23.2 Å². The van der Waals surface area contributed by atoms with Gasteiger partial charge in [0.1, 0.15) is 0 Å². The van der Waals surface area contributed by atoms with Gasteiger partial charge in [0.25, 0.3) is 0 Å². The van der Waals surface area contributed by atoms with Crippen molar-refractivity contribution in [3.63, 3.8) is 0 Å². The molecule has 0 spiro atoms. The summed E-state index contributed by atoms with van der Waals surface area (Å²) in [4.78, 5) is 18.4. The lowest BCUT2D eigenvalue weighted by Crippen LogP contribution is -2.40. The third-order valence-corrected chi connectivity index (χ3v) is 5.21. The first kappa shape index (κ1) is 26.3. The van der Waals surface area contributed by atoms with Gasteiger partial charge in [-0.1, -0.05) is 19.9 Å². The number of amides is 1. The first-order chi connectivity index (χ1) is 13.9. The van der Waals surface area contributed by atoms with Crippen LogP contribution in [0, 0.1) is 0 Å². The number of rotatable bonds is 10. The minimum absolute atomic E-state index is 0. The van der Waals surface area contributed by atoms with Gasteiger partial charge in [0.15, 0.2) is 17.5 Å². The Hall–Kier alpha value is -1.71. The molecule has 0 atom stereocenters. The van der Waals surface area contributed by atoms with E-state index in [2.05, 4.69) is 37.5 Å². The van der Waals surface area contributed by atoms with E-state index in [1.807, 2.05) is 17.0 Å². The van der Waals surface area contributed by atoms with Crippen molar-refractivity contribution in [1.29, 1.82) is 0 Å². The number of aliphatic imine (C=N–C) groups is 1. The zero-order valence-electron chi connectivity index (χ0n) is 18.9. The molecule has 0 unspecified atom stereocenters. The third kappa shape index (κ3) is 7.52. The van der Waals surface area contributed by atoms with E-state index < -0.39 is 0 Å². The second-order valence-corrected chi connectivity index (χ2v) is 7.91. The summed E-state index contributed by atoms with van der Waals surface area (Å²) in [6, 6.07) is 6.01. The summed E-state index contributed by atoms with van der Waals surface area (Å²) < 4.78 is 10.8. The molecule has 0 saturated carbocycles. The zero-order valence-corrected chi connectivity index (χ0v) is 21.2. The molecular formula is C22H37IN4O3. The number of nitrogens with one attached hydrogen (secondary N) is 2. The lowest BCUT2D eigenvalue weighted by molar-refractivity contribution is -0.127. The van der Waals surface area contributed by atoms with E-state index in [1.54, 1.807) is 14.2 Å². The summed E-state index contributed by atoms with van der Waals surface area (Å²) in [6.45, 7) is 10.3. The highest BCUT2D eigenvalue weighted by Gasteiger charge is 2.22. The van der Waals surface area contributed by atoms with Crippen molar-refractivity contribution in [2.45, 2.75) is 45.4 Å². The summed E-state index contributed by atoms with van der Waals surface area (Å²) in [7, 11) is 3.29. The molecule has 1 aromatic carbocycles. The van der Waals surface area contributed by atoms with Crippen molar-refractivity contribution < 1.29 is 14.3 Å². The number of likely N-dealkylation sites (tertiary alicyclic amines) is 1. The second-order valence-electron chi connectivity index (χ2n) is 7.91. The first-order valence-electron chi connectivity index (χ1n) is 10.4. The monoisotopic (exact) mass is 532 g/mol. The van der Waals surface area contributed by atoms with Crippen molar-refractivity contribution >= 4 is 35.8 Å². The van der Waals surface area contributed by atoms with E-state index in [0.717, 1.165) is 62.0 Å². The Labute approximate surface area is 198 Å². The predicted molar refractivity (Wildman–Crippen MR) is 132 cm³/mol. The van der Waals surface area contributed by atoms with Gasteiger partial charge in [-0.3, -0.25) is 9.79 Å². The lowest BCUT2D eigenvalue weighted by atomic mass is 9.84. The van der Waals surface area contributed by atoms with Crippen LogP contribution in [0.25, 0.3) is 0 Å². The molecule has 170 valence electrons. The molecule has 0 aliphatic carbocycles. The highest BCUT2D eigenvalue weighted by molar-refractivity contribution is 14.0. The summed E-state index contributed by atoms with van der Waals surface area (Å²) in [5, 5.41) is 6.68. The molecule has 2 rings (SSSR count). The van der Waals surface area contributed by atoms with Gasteiger partial charge in [0, 0.05) is 38.0 Å². The van der Waals surface area contributed by atoms with Gasteiger partial charge >= 0.3 is 0 Å². The Morgan fingerprint density at radius 1 is 1.20 bits per heavy atom. The second kappa shape index (κ2) is 12.9. The number of halogens is 1. The summed E-state index contributed by atoms with van der Waals surface area (Å²) >= 11 is 0. The Bertz CT molecular complexity index is 710. The number of carbonyl (C=O) groups is 1. The average Bonchev–Trinajstić information content (AvgIpc) is 3.13. The number of methoxy groups -OCH3 is 2. The van der Waals surface area contributed by atoms with Crippen LogP contribution in [0.4, 0.5) is 0 Å². The van der Waals surface area contributed by atoms with E-state index in [9.17, 15) is 4.79 Å². The SMILES string of the molecule is CCNC(=NCC(C)(C)c1ccc(OC)c(OC)c1)NCCCN1CCCC1=O.I. The maximum Gasteiger partial charge on any atom is 0.222 e. The molecule has 0 bridgehead atoms. The zero-order chi connectivity index (χ0) is 21.3. The van der Waals surface area contributed by atoms with Crippen LogP contribution >= 0.6 is 24.0 Å². The molecule has 1 aliphatic heterocycles. The molecule has 1 saturated heterocycles. The summed E-state index contributed by atoms with van der Waals surface area (Å²) in [5.74, 6) is 2.53. The van der Waals surface area contributed by atoms with Gasteiger partial charge in [-0.15, -0.1) is 24.0 Å². The van der Waals surface area contributed by atoms with Gasteiger partial charge in [-0.2, -0.15) is 0 Å². The molecule has 1 aliphatic rings. The van der Waals surface area contributed by atoms with Gasteiger partial charge in [-0.05, 0) is 37.5 Å². The van der Waals surface area contributed by atoms with E-state index in [1.165, 1.54) is 0 Å². The Balaban J connectivity index is 0.00000450. The van der Waals surface area contributed by atoms with Gasteiger partial charge in [0.2, 0.25) is 5.91 Å². The Morgan fingerprint density at radius 3 is 2.53 bits per heavy atom. The van der Waals surface area contributed by atoms with Crippen LogP contribution in [0.5, 0.6) is 11.5 Å². The third-order valence-electron chi connectivity index (χ3n) is 5.21. The Morgan fingerprint density at radius 2 is 1.93 bits per heavy atom. The number of guanidine groups is 1. The minimum Gasteiger partial charge on any atom is -0.493 e. The first-order valence-corrected chi connectivity index (χ1v) is 10.4. The van der Waals surface area contributed by atoms with Gasteiger partial charge < -0.3 is 25.0 Å². The van der Waals surface area contributed by atoms with E-state index in [0.29, 0.717) is 13.0 Å². The average molecular weight is 532 g/mol. The smallest absolute Gasteiger partial charge is 0.222 e. The van der Waals surface area contributed by atoms with Crippen molar-refractivity contribution in [2.24, 2.45) is 4.99 Å². The van der Waals surface area contributed by atoms with E-state index in [4.69, 9.17) is 14.5 Å². The summed E-state index contributed by atoms with van der Waals surface area (Å²) in [5.41, 5.74) is 0.978. The van der Waals surface area contributed by atoms with Crippen molar-refractivity contribution in [3.05, 3.63) is 23.8 Å². The molecular weight excluding hydrogens is 495 g/mol. The van der Waals surface area contributed by atoms with E-state index in [-0.39, 0.29) is 35.3 Å². The largest absolute Gasteiger partial charge is 0.493 e. The minimum atomic E-state index is -0.163. The highest BCUT2D eigenvalue weighted by atomic mass is 127. The molecule has 1 aromatic rings. The lowest BCUT2D eigenvalue weighted by Gasteiger charge is -2.25. The van der Waals surface area contributed by atoms with Crippen LogP contribution in [0.1, 0.15) is 45.6 Å². The number of carbonyl (C=O) groups excluding carboxylic acids is 1. The molecule has 7 nitrogen and oxygen atoms in total. The predicted octanol–water partition coefficient (Wildman–Crippen LogP) is 3.17. The number of hydrogen-bond acceptors (Lipinski definition) is 4.